The first-order valence-electron chi connectivity index (χ1n) is 5.76. The van der Waals surface area contributed by atoms with Gasteiger partial charge in [0, 0.05) is 18.3 Å². The van der Waals surface area contributed by atoms with Gasteiger partial charge in [-0.3, -0.25) is 9.89 Å². The monoisotopic (exact) mass is 235 g/mol. The van der Waals surface area contributed by atoms with Crippen molar-refractivity contribution in [1.82, 2.24) is 19.6 Å². The summed E-state index contributed by atoms with van der Waals surface area (Å²) in [4.78, 5) is 20.0. The Balaban J connectivity index is 2.20. The molecule has 2 N–H and O–H groups in total. The predicted molar refractivity (Wildman–Crippen MR) is 66.3 cm³/mol. The summed E-state index contributed by atoms with van der Waals surface area (Å²) in [6.07, 6.45) is 1.05. The Hall–Kier alpha value is -1.85. The van der Waals surface area contributed by atoms with Gasteiger partial charge in [-0.15, -0.1) is 0 Å². The third kappa shape index (κ3) is 2.64. The highest BCUT2D eigenvalue weighted by atomic mass is 16.1. The molecule has 0 amide bonds. The van der Waals surface area contributed by atoms with Crippen molar-refractivity contribution < 1.29 is 0 Å². The molecule has 0 aliphatic heterocycles. The van der Waals surface area contributed by atoms with Crippen LogP contribution in [0.25, 0.3) is 5.78 Å². The van der Waals surface area contributed by atoms with E-state index in [0.717, 1.165) is 13.0 Å². The minimum absolute atomic E-state index is 0.142. The van der Waals surface area contributed by atoms with E-state index in [9.17, 15) is 4.79 Å². The number of aryl methyl sites for hydroxylation is 1. The van der Waals surface area contributed by atoms with Crippen molar-refractivity contribution in [3.05, 3.63) is 22.1 Å². The largest absolute Gasteiger partial charge is 0.355 e. The molecular formula is C11H17N5O. The molecule has 2 rings (SSSR count). The molecule has 0 radical (unpaired) electrons. The van der Waals surface area contributed by atoms with Crippen LogP contribution < -0.4 is 10.9 Å². The van der Waals surface area contributed by atoms with Crippen LogP contribution >= 0.6 is 0 Å². The average molecular weight is 235 g/mol. The first-order valence-corrected chi connectivity index (χ1v) is 5.76. The van der Waals surface area contributed by atoms with Gasteiger partial charge in [0.05, 0.1) is 0 Å². The van der Waals surface area contributed by atoms with Gasteiger partial charge in [0.2, 0.25) is 5.95 Å². The van der Waals surface area contributed by atoms with E-state index in [4.69, 9.17) is 0 Å². The van der Waals surface area contributed by atoms with Gasteiger partial charge in [0.15, 0.2) is 0 Å². The Bertz CT molecular complexity index is 569. The average Bonchev–Trinajstić information content (AvgIpc) is 2.60. The van der Waals surface area contributed by atoms with Crippen LogP contribution in [-0.2, 0) is 0 Å². The van der Waals surface area contributed by atoms with E-state index in [1.165, 1.54) is 10.6 Å². The molecule has 0 bridgehead atoms. The zero-order valence-electron chi connectivity index (χ0n) is 10.3. The maximum atomic E-state index is 11.6. The number of anilines is 1. The van der Waals surface area contributed by atoms with E-state index >= 15 is 0 Å². The predicted octanol–water partition coefficient (Wildman–Crippen LogP) is 1.18. The van der Waals surface area contributed by atoms with Gasteiger partial charge in [0.25, 0.3) is 11.3 Å². The number of fused-ring (bicyclic) bond motifs is 1. The number of rotatable bonds is 4. The SMILES string of the molecule is Cc1cc(=O)n2[nH]c(NCCC(C)C)nc2n1. The van der Waals surface area contributed by atoms with Gasteiger partial charge in [-0.1, -0.05) is 13.8 Å². The molecule has 0 fully saturated rings. The van der Waals surface area contributed by atoms with Gasteiger partial charge >= 0.3 is 0 Å². The molecule has 2 heterocycles. The van der Waals surface area contributed by atoms with Gasteiger partial charge in [-0.25, -0.2) is 4.98 Å². The van der Waals surface area contributed by atoms with E-state index in [-0.39, 0.29) is 5.56 Å². The molecule has 0 aliphatic carbocycles. The molecule has 2 aromatic heterocycles. The minimum Gasteiger partial charge on any atom is -0.355 e. The quantitative estimate of drug-likeness (QED) is 0.834. The molecule has 92 valence electrons. The number of H-pyrrole nitrogens is 1. The van der Waals surface area contributed by atoms with E-state index in [2.05, 4.69) is 34.2 Å². The van der Waals surface area contributed by atoms with E-state index in [0.29, 0.717) is 23.3 Å². The number of hydrogen-bond acceptors (Lipinski definition) is 4. The van der Waals surface area contributed by atoms with Crippen molar-refractivity contribution in [3.63, 3.8) is 0 Å². The highest BCUT2D eigenvalue weighted by Crippen LogP contribution is 2.03. The first-order chi connectivity index (χ1) is 8.06. The van der Waals surface area contributed by atoms with Gasteiger partial charge < -0.3 is 5.32 Å². The molecular weight excluding hydrogens is 218 g/mol. The Morgan fingerprint density at radius 2 is 2.24 bits per heavy atom. The fraction of sp³-hybridized carbons (Fsp3) is 0.545. The molecule has 6 heteroatoms. The third-order valence-corrected chi connectivity index (χ3v) is 2.47. The van der Waals surface area contributed by atoms with Crippen molar-refractivity contribution in [3.8, 4) is 0 Å². The second-order valence-corrected chi connectivity index (χ2v) is 4.55. The molecule has 0 atom stereocenters. The van der Waals surface area contributed by atoms with Gasteiger partial charge in [-0.2, -0.15) is 9.50 Å². The Labute approximate surface area is 99.1 Å². The number of hydrogen-bond donors (Lipinski definition) is 2. The van der Waals surface area contributed by atoms with Crippen LogP contribution in [0, 0.1) is 12.8 Å². The van der Waals surface area contributed by atoms with E-state index in [1.54, 1.807) is 6.92 Å². The Kier molecular flexibility index (Phi) is 3.12. The zero-order chi connectivity index (χ0) is 12.4. The maximum absolute atomic E-state index is 11.6. The topological polar surface area (TPSA) is 75.1 Å². The van der Waals surface area contributed by atoms with Crippen LogP contribution in [0.4, 0.5) is 5.95 Å². The van der Waals surface area contributed by atoms with Crippen LogP contribution in [-0.4, -0.2) is 26.1 Å². The number of nitrogens with one attached hydrogen (secondary N) is 2. The normalized spacial score (nSPS) is 11.3. The molecule has 17 heavy (non-hydrogen) atoms. The summed E-state index contributed by atoms with van der Waals surface area (Å²) >= 11 is 0. The lowest BCUT2D eigenvalue weighted by Crippen LogP contribution is -2.14. The molecule has 2 aromatic rings. The number of aromatic nitrogens is 4. The summed E-state index contributed by atoms with van der Waals surface area (Å²) in [6, 6.07) is 1.48. The highest BCUT2D eigenvalue weighted by Gasteiger charge is 2.05. The summed E-state index contributed by atoms with van der Waals surface area (Å²) in [5.74, 6) is 1.62. The number of aromatic amines is 1. The van der Waals surface area contributed by atoms with E-state index < -0.39 is 0 Å². The van der Waals surface area contributed by atoms with E-state index in [1.807, 2.05) is 0 Å². The summed E-state index contributed by atoms with van der Waals surface area (Å²) < 4.78 is 1.34. The number of nitrogens with zero attached hydrogens (tertiary/aromatic N) is 3. The summed E-state index contributed by atoms with van der Waals surface area (Å²) in [5, 5.41) is 6.03. The molecule has 6 nitrogen and oxygen atoms in total. The molecule has 0 saturated carbocycles. The van der Waals surface area contributed by atoms with Crippen molar-refractivity contribution in [1.29, 1.82) is 0 Å². The smallest absolute Gasteiger partial charge is 0.274 e. The van der Waals surface area contributed by atoms with Crippen LogP contribution in [0.15, 0.2) is 10.9 Å². The lowest BCUT2D eigenvalue weighted by Gasteiger charge is -2.04. The minimum atomic E-state index is -0.142. The van der Waals surface area contributed by atoms with Crippen molar-refractivity contribution in [2.24, 2.45) is 5.92 Å². The molecule has 0 saturated heterocycles. The highest BCUT2D eigenvalue weighted by molar-refractivity contribution is 5.36. The molecule has 0 unspecified atom stereocenters. The molecule has 0 aliphatic rings. The summed E-state index contributed by atoms with van der Waals surface area (Å²) in [5.41, 5.74) is 0.534. The first kappa shape index (κ1) is 11.6. The second kappa shape index (κ2) is 4.57. The molecule has 0 spiro atoms. The third-order valence-electron chi connectivity index (χ3n) is 2.47. The van der Waals surface area contributed by atoms with Crippen LogP contribution in [0.2, 0.25) is 0 Å². The standard InChI is InChI=1S/C11H17N5O/c1-7(2)4-5-12-10-14-11-13-8(3)6-9(17)16(11)15-10/h6-7H,4-5H2,1-3H3,(H2,12,13,14,15). The lowest BCUT2D eigenvalue weighted by atomic mass is 10.1. The van der Waals surface area contributed by atoms with Gasteiger partial charge in [-0.05, 0) is 19.3 Å². The Morgan fingerprint density at radius 3 is 2.94 bits per heavy atom. The zero-order valence-corrected chi connectivity index (χ0v) is 10.3. The van der Waals surface area contributed by atoms with Gasteiger partial charge in [0.1, 0.15) is 0 Å². The van der Waals surface area contributed by atoms with Crippen LogP contribution in [0.1, 0.15) is 26.0 Å². The van der Waals surface area contributed by atoms with Crippen molar-refractivity contribution >= 4 is 11.7 Å². The summed E-state index contributed by atoms with van der Waals surface area (Å²) in [7, 11) is 0. The summed E-state index contributed by atoms with van der Waals surface area (Å²) in [6.45, 7) is 6.93. The molecule has 0 aromatic carbocycles. The second-order valence-electron chi connectivity index (χ2n) is 4.55. The maximum Gasteiger partial charge on any atom is 0.274 e. The van der Waals surface area contributed by atoms with Crippen molar-refractivity contribution in [2.45, 2.75) is 27.2 Å². The fourth-order valence-electron chi connectivity index (χ4n) is 1.55. The van der Waals surface area contributed by atoms with Crippen LogP contribution in [0.3, 0.4) is 0 Å². The fourth-order valence-corrected chi connectivity index (χ4v) is 1.55. The van der Waals surface area contributed by atoms with Crippen molar-refractivity contribution in [2.75, 3.05) is 11.9 Å². The van der Waals surface area contributed by atoms with Crippen LogP contribution in [0.5, 0.6) is 0 Å². The lowest BCUT2D eigenvalue weighted by molar-refractivity contribution is 0.606. The Morgan fingerprint density at radius 1 is 1.47 bits per heavy atom.